The molecule has 1 atom stereocenters. The first-order chi connectivity index (χ1) is 11.3. The summed E-state index contributed by atoms with van der Waals surface area (Å²) in [4.78, 5) is 12.5. The Kier molecular flexibility index (Phi) is 6.82. The van der Waals surface area contributed by atoms with Gasteiger partial charge in [-0.15, -0.1) is 0 Å². The zero-order valence-electron chi connectivity index (χ0n) is 13.9. The van der Waals surface area contributed by atoms with E-state index in [4.69, 9.17) is 4.74 Å². The number of carbonyl (C=O) groups is 1. The Morgan fingerprint density at radius 1 is 1.09 bits per heavy atom. The van der Waals surface area contributed by atoms with Crippen molar-refractivity contribution >= 4 is 5.78 Å². The molecule has 0 aliphatic heterocycles. The molecule has 23 heavy (non-hydrogen) atoms. The first kappa shape index (κ1) is 17.2. The lowest BCUT2D eigenvalue weighted by Gasteiger charge is -2.18. The lowest BCUT2D eigenvalue weighted by Crippen LogP contribution is -2.22. The van der Waals surface area contributed by atoms with Crippen LogP contribution in [0.4, 0.5) is 0 Å². The average molecular weight is 311 g/mol. The van der Waals surface area contributed by atoms with Gasteiger partial charge in [-0.25, -0.2) is 0 Å². The fourth-order valence-electron chi connectivity index (χ4n) is 2.75. The number of hydrogen-bond donors (Lipinski definition) is 1. The van der Waals surface area contributed by atoms with Gasteiger partial charge in [-0.05, 0) is 36.6 Å². The van der Waals surface area contributed by atoms with Gasteiger partial charge >= 0.3 is 0 Å². The maximum Gasteiger partial charge on any atom is 0.166 e. The SMILES string of the molecule is CCNC[C@@H](CCC(=O)c1ccccc1OC)c1ccccc1. The molecule has 0 fully saturated rings. The van der Waals surface area contributed by atoms with Crippen molar-refractivity contribution in [3.8, 4) is 5.75 Å². The van der Waals surface area contributed by atoms with Crippen LogP contribution in [-0.4, -0.2) is 26.0 Å². The molecular weight excluding hydrogens is 286 g/mol. The molecule has 0 radical (unpaired) electrons. The minimum atomic E-state index is 0.139. The van der Waals surface area contributed by atoms with Gasteiger partial charge in [0.15, 0.2) is 5.78 Å². The quantitative estimate of drug-likeness (QED) is 0.710. The second-order valence-electron chi connectivity index (χ2n) is 5.58. The summed E-state index contributed by atoms with van der Waals surface area (Å²) >= 11 is 0. The highest BCUT2D eigenvalue weighted by Crippen LogP contribution is 2.24. The molecule has 0 saturated carbocycles. The van der Waals surface area contributed by atoms with Crippen LogP contribution in [0.15, 0.2) is 54.6 Å². The fourth-order valence-corrected chi connectivity index (χ4v) is 2.75. The number of Topliss-reactive ketones (excluding diaryl/α,β-unsaturated/α-hetero) is 1. The van der Waals surface area contributed by atoms with E-state index in [1.54, 1.807) is 7.11 Å². The first-order valence-corrected chi connectivity index (χ1v) is 8.18. The van der Waals surface area contributed by atoms with Gasteiger partial charge in [0.05, 0.1) is 12.7 Å². The average Bonchev–Trinajstić information content (AvgIpc) is 2.62. The highest BCUT2D eigenvalue weighted by Gasteiger charge is 2.16. The Bertz CT molecular complexity index is 610. The summed E-state index contributed by atoms with van der Waals surface area (Å²) in [5, 5.41) is 3.40. The van der Waals surface area contributed by atoms with E-state index >= 15 is 0 Å². The lowest BCUT2D eigenvalue weighted by molar-refractivity contribution is 0.0974. The third-order valence-corrected chi connectivity index (χ3v) is 4.04. The minimum Gasteiger partial charge on any atom is -0.496 e. The summed E-state index contributed by atoms with van der Waals surface area (Å²) in [6.45, 7) is 3.92. The maximum absolute atomic E-state index is 12.5. The molecule has 2 rings (SSSR count). The van der Waals surface area contributed by atoms with Crippen molar-refractivity contribution in [2.24, 2.45) is 0 Å². The van der Waals surface area contributed by atoms with Crippen LogP contribution in [0.2, 0.25) is 0 Å². The molecule has 0 heterocycles. The van der Waals surface area contributed by atoms with Crippen LogP contribution in [0, 0.1) is 0 Å². The molecule has 3 heteroatoms. The van der Waals surface area contributed by atoms with E-state index in [1.807, 2.05) is 30.3 Å². The minimum absolute atomic E-state index is 0.139. The highest BCUT2D eigenvalue weighted by atomic mass is 16.5. The van der Waals surface area contributed by atoms with Gasteiger partial charge in [0.25, 0.3) is 0 Å². The Hall–Kier alpha value is -2.13. The van der Waals surface area contributed by atoms with Crippen LogP contribution in [-0.2, 0) is 0 Å². The third-order valence-electron chi connectivity index (χ3n) is 4.04. The number of ether oxygens (including phenoxy) is 1. The number of nitrogens with one attached hydrogen (secondary N) is 1. The van der Waals surface area contributed by atoms with E-state index < -0.39 is 0 Å². The summed E-state index contributed by atoms with van der Waals surface area (Å²) < 4.78 is 5.29. The Balaban J connectivity index is 2.04. The van der Waals surface area contributed by atoms with E-state index in [0.717, 1.165) is 19.5 Å². The van der Waals surface area contributed by atoms with Crippen molar-refractivity contribution in [3.63, 3.8) is 0 Å². The molecule has 2 aromatic carbocycles. The normalized spacial score (nSPS) is 11.9. The van der Waals surface area contributed by atoms with Crippen molar-refractivity contribution in [2.75, 3.05) is 20.2 Å². The van der Waals surface area contributed by atoms with Gasteiger partial charge < -0.3 is 10.1 Å². The molecular formula is C20H25NO2. The summed E-state index contributed by atoms with van der Waals surface area (Å²) in [5.74, 6) is 1.13. The Labute approximate surface area is 138 Å². The number of hydrogen-bond acceptors (Lipinski definition) is 3. The third kappa shape index (κ3) is 4.93. The van der Waals surface area contributed by atoms with Gasteiger partial charge in [0.2, 0.25) is 0 Å². The highest BCUT2D eigenvalue weighted by molar-refractivity contribution is 5.98. The number of para-hydroxylation sites is 1. The lowest BCUT2D eigenvalue weighted by atomic mass is 9.92. The van der Waals surface area contributed by atoms with Crippen LogP contribution in [0.5, 0.6) is 5.75 Å². The number of ketones is 1. The molecule has 0 amide bonds. The van der Waals surface area contributed by atoms with Crippen molar-refractivity contribution in [2.45, 2.75) is 25.7 Å². The van der Waals surface area contributed by atoms with Gasteiger partial charge in [0.1, 0.15) is 5.75 Å². The summed E-state index contributed by atoms with van der Waals surface area (Å²) in [7, 11) is 1.60. The molecule has 0 aliphatic rings. The van der Waals surface area contributed by atoms with Crippen molar-refractivity contribution < 1.29 is 9.53 Å². The molecule has 1 N–H and O–H groups in total. The molecule has 0 spiro atoms. The van der Waals surface area contributed by atoms with Crippen molar-refractivity contribution in [1.82, 2.24) is 5.32 Å². The number of carbonyl (C=O) groups excluding carboxylic acids is 1. The van der Waals surface area contributed by atoms with Crippen molar-refractivity contribution in [3.05, 3.63) is 65.7 Å². The van der Waals surface area contributed by atoms with Crippen LogP contribution in [0.25, 0.3) is 0 Å². The van der Waals surface area contributed by atoms with E-state index in [-0.39, 0.29) is 5.78 Å². The van der Waals surface area contributed by atoms with Crippen LogP contribution in [0.3, 0.4) is 0 Å². The molecule has 0 unspecified atom stereocenters. The first-order valence-electron chi connectivity index (χ1n) is 8.18. The molecule has 2 aromatic rings. The second kappa shape index (κ2) is 9.11. The van der Waals surface area contributed by atoms with Crippen LogP contribution in [0.1, 0.15) is 41.6 Å². The fraction of sp³-hybridized carbons (Fsp3) is 0.350. The molecule has 0 aromatic heterocycles. The van der Waals surface area contributed by atoms with Gasteiger partial charge in [-0.3, -0.25) is 4.79 Å². The number of likely N-dealkylation sites (N-methyl/N-ethyl adjacent to an activating group) is 1. The standard InChI is InChI=1S/C20H25NO2/c1-3-21-15-17(16-9-5-4-6-10-16)13-14-19(22)18-11-7-8-12-20(18)23-2/h4-12,17,21H,3,13-15H2,1-2H3/t17-/m1/s1. The monoisotopic (exact) mass is 311 g/mol. The number of benzene rings is 2. The second-order valence-corrected chi connectivity index (χ2v) is 5.58. The van der Waals surface area contributed by atoms with E-state index in [1.165, 1.54) is 5.56 Å². The molecule has 3 nitrogen and oxygen atoms in total. The Morgan fingerprint density at radius 3 is 2.48 bits per heavy atom. The molecule has 122 valence electrons. The largest absolute Gasteiger partial charge is 0.496 e. The molecule has 0 saturated heterocycles. The van der Waals surface area contributed by atoms with Crippen LogP contribution < -0.4 is 10.1 Å². The number of rotatable bonds is 9. The summed E-state index contributed by atoms with van der Waals surface area (Å²) in [5.41, 5.74) is 1.95. The summed E-state index contributed by atoms with van der Waals surface area (Å²) in [6, 6.07) is 17.8. The van der Waals surface area contributed by atoms with E-state index in [9.17, 15) is 4.79 Å². The van der Waals surface area contributed by atoms with Gasteiger partial charge in [0, 0.05) is 13.0 Å². The smallest absolute Gasteiger partial charge is 0.166 e. The van der Waals surface area contributed by atoms with E-state index in [2.05, 4.69) is 36.5 Å². The zero-order valence-corrected chi connectivity index (χ0v) is 13.9. The Morgan fingerprint density at radius 2 is 1.78 bits per heavy atom. The van der Waals surface area contributed by atoms with Gasteiger partial charge in [-0.2, -0.15) is 0 Å². The predicted molar refractivity (Wildman–Crippen MR) is 94.3 cm³/mol. The van der Waals surface area contributed by atoms with Crippen LogP contribution >= 0.6 is 0 Å². The van der Waals surface area contributed by atoms with Gasteiger partial charge in [-0.1, -0.05) is 49.4 Å². The van der Waals surface area contributed by atoms with Crippen molar-refractivity contribution in [1.29, 1.82) is 0 Å². The summed E-state index contributed by atoms with van der Waals surface area (Å²) in [6.07, 6.45) is 1.35. The number of methoxy groups -OCH3 is 1. The predicted octanol–water partition coefficient (Wildman–Crippen LogP) is 4.05. The maximum atomic E-state index is 12.5. The molecule has 0 aliphatic carbocycles. The molecule has 0 bridgehead atoms. The topological polar surface area (TPSA) is 38.3 Å². The van der Waals surface area contributed by atoms with E-state index in [0.29, 0.717) is 23.7 Å². The zero-order chi connectivity index (χ0) is 16.5.